The maximum atomic E-state index is 13.1. The molecule has 0 aliphatic carbocycles. The van der Waals surface area contributed by atoms with E-state index in [1.165, 1.54) is 0 Å². The molecule has 34 heavy (non-hydrogen) atoms. The number of amidine groups is 1. The van der Waals surface area contributed by atoms with E-state index in [0.717, 1.165) is 12.8 Å². The molecular weight excluding hydrogens is 454 g/mol. The van der Waals surface area contributed by atoms with Gasteiger partial charge in [0.05, 0.1) is 7.11 Å². The van der Waals surface area contributed by atoms with Crippen molar-refractivity contribution in [3.63, 3.8) is 0 Å². The van der Waals surface area contributed by atoms with E-state index < -0.39 is 6.29 Å². The van der Waals surface area contributed by atoms with Crippen molar-refractivity contribution in [1.29, 1.82) is 5.41 Å². The fourth-order valence-electron chi connectivity index (χ4n) is 3.63. The minimum atomic E-state index is -0.536. The molecule has 188 valence electrons. The molecule has 0 aliphatic rings. The second-order valence-electron chi connectivity index (χ2n) is 8.51. The number of methoxy groups -OCH3 is 1. The number of carbonyl (C=O) groups excluding carboxylic acids is 1. The second-order valence-corrected chi connectivity index (χ2v) is 8.51. The summed E-state index contributed by atoms with van der Waals surface area (Å²) < 4.78 is 17.8. The van der Waals surface area contributed by atoms with Crippen molar-refractivity contribution in [3.05, 3.63) is 53.6 Å². The molecule has 1 unspecified atom stereocenters. The van der Waals surface area contributed by atoms with Crippen LogP contribution in [0.2, 0.25) is 0 Å². The fraction of sp³-hybridized carbons (Fsp3) is 0.462. The van der Waals surface area contributed by atoms with Crippen molar-refractivity contribution >= 4 is 24.1 Å². The summed E-state index contributed by atoms with van der Waals surface area (Å²) in [7, 11) is 1.56. The van der Waals surface area contributed by atoms with E-state index in [4.69, 9.17) is 25.4 Å². The number of benzene rings is 2. The maximum absolute atomic E-state index is 13.1. The molecule has 0 aliphatic heterocycles. The van der Waals surface area contributed by atoms with Crippen LogP contribution >= 0.6 is 12.4 Å². The standard InChI is InChI=1S/C26H37N3O4.ClH/c1-7-8-9-24(32-21-13-10-19(11-14-21)25(27)28)33-22-15-12-20(16-23(22)31-6)26(30)29(17(2)3)18(4)5;/h10-18,24H,7-9H2,1-6H3,(H3,27,28);1H. The third-order valence-corrected chi connectivity index (χ3v) is 5.24. The maximum Gasteiger partial charge on any atom is 0.254 e. The van der Waals surface area contributed by atoms with Crippen molar-refractivity contribution in [1.82, 2.24) is 4.90 Å². The topological polar surface area (TPSA) is 97.9 Å². The zero-order valence-electron chi connectivity index (χ0n) is 21.0. The lowest BCUT2D eigenvalue weighted by Crippen LogP contribution is -2.42. The van der Waals surface area contributed by atoms with Crippen molar-refractivity contribution < 1.29 is 19.0 Å². The molecule has 7 nitrogen and oxygen atoms in total. The van der Waals surface area contributed by atoms with Crippen LogP contribution in [0, 0.1) is 5.41 Å². The van der Waals surface area contributed by atoms with Gasteiger partial charge in [0.2, 0.25) is 6.29 Å². The van der Waals surface area contributed by atoms with E-state index in [-0.39, 0.29) is 36.2 Å². The van der Waals surface area contributed by atoms with Gasteiger partial charge in [0.15, 0.2) is 11.5 Å². The van der Waals surface area contributed by atoms with Gasteiger partial charge in [-0.1, -0.05) is 13.3 Å². The summed E-state index contributed by atoms with van der Waals surface area (Å²) in [5.74, 6) is 1.57. The summed E-state index contributed by atoms with van der Waals surface area (Å²) in [6.07, 6.45) is 2.07. The predicted molar refractivity (Wildman–Crippen MR) is 139 cm³/mol. The van der Waals surface area contributed by atoms with Crippen LogP contribution < -0.4 is 19.9 Å². The lowest BCUT2D eigenvalue weighted by atomic mass is 10.1. The van der Waals surface area contributed by atoms with Gasteiger partial charge in [-0.05, 0) is 76.6 Å². The first-order chi connectivity index (χ1) is 15.7. The Morgan fingerprint density at radius 1 is 0.971 bits per heavy atom. The number of rotatable bonds is 12. The van der Waals surface area contributed by atoms with Gasteiger partial charge in [-0.3, -0.25) is 10.2 Å². The predicted octanol–water partition coefficient (Wildman–Crippen LogP) is 5.63. The average molecular weight is 492 g/mol. The molecule has 0 heterocycles. The number of hydrogen-bond donors (Lipinski definition) is 2. The van der Waals surface area contributed by atoms with Crippen LogP contribution in [0.4, 0.5) is 0 Å². The third kappa shape index (κ3) is 7.83. The van der Waals surface area contributed by atoms with E-state index in [2.05, 4.69) is 6.92 Å². The molecule has 0 radical (unpaired) electrons. The molecule has 0 spiro atoms. The highest BCUT2D eigenvalue weighted by atomic mass is 35.5. The molecule has 1 atom stereocenters. The zero-order valence-corrected chi connectivity index (χ0v) is 21.8. The number of unbranched alkanes of at least 4 members (excludes halogenated alkanes) is 1. The number of hydrogen-bond acceptors (Lipinski definition) is 5. The van der Waals surface area contributed by atoms with Crippen molar-refractivity contribution in [2.24, 2.45) is 5.73 Å². The molecule has 1 amide bonds. The molecule has 8 heteroatoms. The number of nitrogen functional groups attached to an aromatic ring is 1. The van der Waals surface area contributed by atoms with Gasteiger partial charge in [0.1, 0.15) is 11.6 Å². The van der Waals surface area contributed by atoms with E-state index in [1.807, 2.05) is 32.6 Å². The number of ether oxygens (including phenoxy) is 3. The number of nitrogens with zero attached hydrogens (tertiary/aromatic N) is 1. The van der Waals surface area contributed by atoms with Gasteiger partial charge in [-0.15, -0.1) is 12.4 Å². The van der Waals surface area contributed by atoms with Gasteiger partial charge in [-0.25, -0.2) is 0 Å². The summed E-state index contributed by atoms with van der Waals surface area (Å²) in [6.45, 7) is 10.1. The molecular formula is C26H38ClN3O4. The van der Waals surface area contributed by atoms with Gasteiger partial charge in [0.25, 0.3) is 5.91 Å². The van der Waals surface area contributed by atoms with Crippen LogP contribution in [-0.4, -0.2) is 42.1 Å². The van der Waals surface area contributed by atoms with Crippen LogP contribution in [0.5, 0.6) is 17.2 Å². The molecule has 2 aromatic rings. The van der Waals surface area contributed by atoms with Crippen LogP contribution in [-0.2, 0) is 0 Å². The highest BCUT2D eigenvalue weighted by Gasteiger charge is 2.23. The first kappa shape index (κ1) is 29.1. The Morgan fingerprint density at radius 3 is 2.06 bits per heavy atom. The monoisotopic (exact) mass is 491 g/mol. The Bertz CT molecular complexity index is 924. The molecule has 0 fully saturated rings. The second kappa shape index (κ2) is 13.7. The van der Waals surface area contributed by atoms with Gasteiger partial charge in [0, 0.05) is 29.6 Å². The smallest absolute Gasteiger partial charge is 0.254 e. The largest absolute Gasteiger partial charge is 0.493 e. The summed E-state index contributed by atoms with van der Waals surface area (Å²) in [5.41, 5.74) is 6.71. The Hall–Kier alpha value is -2.93. The van der Waals surface area contributed by atoms with Crippen LogP contribution in [0.3, 0.4) is 0 Å². The molecule has 0 bridgehead atoms. The van der Waals surface area contributed by atoms with Gasteiger partial charge in [-0.2, -0.15) is 0 Å². The Labute approximate surface area is 209 Å². The number of carbonyl (C=O) groups is 1. The first-order valence-corrected chi connectivity index (χ1v) is 11.5. The molecule has 0 saturated heterocycles. The lowest BCUT2D eigenvalue weighted by Gasteiger charge is -2.31. The highest BCUT2D eigenvalue weighted by molar-refractivity contribution is 5.95. The summed E-state index contributed by atoms with van der Waals surface area (Å²) in [6, 6.07) is 12.4. The van der Waals surface area contributed by atoms with Crippen molar-refractivity contribution in [2.45, 2.75) is 72.3 Å². The highest BCUT2D eigenvalue weighted by Crippen LogP contribution is 2.31. The average Bonchev–Trinajstić information content (AvgIpc) is 2.77. The van der Waals surface area contributed by atoms with E-state index in [0.29, 0.717) is 34.8 Å². The Kier molecular flexibility index (Phi) is 11.7. The van der Waals surface area contributed by atoms with Crippen molar-refractivity contribution in [2.75, 3.05) is 7.11 Å². The summed E-state index contributed by atoms with van der Waals surface area (Å²) >= 11 is 0. The molecule has 3 N–H and O–H groups in total. The normalized spacial score (nSPS) is 11.5. The van der Waals surface area contributed by atoms with Gasteiger partial charge >= 0.3 is 0 Å². The molecule has 2 rings (SSSR count). The minimum absolute atomic E-state index is 0. The van der Waals surface area contributed by atoms with Crippen LogP contribution in [0.25, 0.3) is 0 Å². The van der Waals surface area contributed by atoms with Crippen molar-refractivity contribution in [3.8, 4) is 17.2 Å². The summed E-state index contributed by atoms with van der Waals surface area (Å²) in [4.78, 5) is 14.9. The number of amides is 1. The lowest BCUT2D eigenvalue weighted by molar-refractivity contribution is -0.00383. The molecule has 0 aromatic heterocycles. The number of nitrogens with one attached hydrogen (secondary N) is 1. The van der Waals surface area contributed by atoms with E-state index in [9.17, 15) is 4.79 Å². The number of nitrogens with two attached hydrogens (primary N) is 1. The summed E-state index contributed by atoms with van der Waals surface area (Å²) in [5, 5.41) is 7.52. The number of halogens is 1. The van der Waals surface area contributed by atoms with Gasteiger partial charge < -0.3 is 24.8 Å². The van der Waals surface area contributed by atoms with E-state index in [1.54, 1.807) is 49.6 Å². The first-order valence-electron chi connectivity index (χ1n) is 11.5. The molecule has 0 saturated carbocycles. The Morgan fingerprint density at radius 2 is 1.56 bits per heavy atom. The third-order valence-electron chi connectivity index (χ3n) is 5.24. The molecule has 2 aromatic carbocycles. The van der Waals surface area contributed by atoms with Crippen LogP contribution in [0.1, 0.15) is 69.8 Å². The fourth-order valence-corrected chi connectivity index (χ4v) is 3.63. The van der Waals surface area contributed by atoms with Crippen LogP contribution in [0.15, 0.2) is 42.5 Å². The minimum Gasteiger partial charge on any atom is -0.493 e. The zero-order chi connectivity index (χ0) is 24.5. The van der Waals surface area contributed by atoms with E-state index >= 15 is 0 Å². The SMILES string of the molecule is CCCCC(Oc1ccc(C(=N)N)cc1)Oc1ccc(C(=O)N(C(C)C)C(C)C)cc1OC.Cl. The Balaban J connectivity index is 0.00000578. The quantitative estimate of drug-likeness (QED) is 0.227.